The van der Waals surface area contributed by atoms with Gasteiger partial charge in [0.1, 0.15) is 0 Å². The van der Waals surface area contributed by atoms with Crippen molar-refractivity contribution in [2.75, 3.05) is 53.6 Å². The lowest BCUT2D eigenvalue weighted by molar-refractivity contribution is 0.0611. The second-order valence-corrected chi connectivity index (χ2v) is 4.90. The van der Waals surface area contributed by atoms with Gasteiger partial charge in [0.25, 0.3) is 5.91 Å². The third-order valence-corrected chi connectivity index (χ3v) is 3.71. The van der Waals surface area contributed by atoms with Crippen molar-refractivity contribution in [3.63, 3.8) is 0 Å². The average molecular weight is 294 g/mol. The van der Waals surface area contributed by atoms with E-state index in [4.69, 9.17) is 14.6 Å². The van der Waals surface area contributed by atoms with Crippen molar-refractivity contribution in [2.24, 2.45) is 0 Å². The van der Waals surface area contributed by atoms with Crippen LogP contribution < -0.4 is 9.47 Å². The summed E-state index contributed by atoms with van der Waals surface area (Å²) in [6.45, 7) is 3.66. The zero-order valence-electron chi connectivity index (χ0n) is 12.5. The molecule has 0 saturated carbocycles. The van der Waals surface area contributed by atoms with Crippen molar-refractivity contribution in [1.29, 1.82) is 0 Å². The summed E-state index contributed by atoms with van der Waals surface area (Å²) in [4.78, 5) is 16.6. The minimum atomic E-state index is -0.0469. The summed E-state index contributed by atoms with van der Waals surface area (Å²) < 4.78 is 10.6. The Hall–Kier alpha value is -1.79. The molecule has 1 heterocycles. The molecule has 0 aromatic heterocycles. The lowest BCUT2D eigenvalue weighted by Gasteiger charge is -2.34. The van der Waals surface area contributed by atoms with Crippen LogP contribution in [-0.4, -0.2) is 74.4 Å². The van der Waals surface area contributed by atoms with Crippen LogP contribution in [0.15, 0.2) is 18.2 Å². The summed E-state index contributed by atoms with van der Waals surface area (Å²) in [5.74, 6) is 0.986. The maximum atomic E-state index is 12.6. The number of para-hydroxylation sites is 1. The molecule has 1 aromatic rings. The van der Waals surface area contributed by atoms with E-state index in [0.717, 1.165) is 13.1 Å². The van der Waals surface area contributed by atoms with E-state index in [1.807, 2.05) is 4.90 Å². The molecule has 0 unspecified atom stereocenters. The van der Waals surface area contributed by atoms with Gasteiger partial charge < -0.3 is 19.5 Å². The smallest absolute Gasteiger partial charge is 0.257 e. The molecular formula is C15H22N2O4. The lowest BCUT2D eigenvalue weighted by atomic mass is 10.1. The zero-order valence-corrected chi connectivity index (χ0v) is 12.5. The molecule has 0 radical (unpaired) electrons. The fraction of sp³-hybridized carbons (Fsp3) is 0.533. The first-order valence-electron chi connectivity index (χ1n) is 7.04. The van der Waals surface area contributed by atoms with E-state index in [1.54, 1.807) is 25.3 Å². The molecule has 1 N–H and O–H groups in total. The Bertz CT molecular complexity index is 485. The van der Waals surface area contributed by atoms with Gasteiger partial charge in [-0.2, -0.15) is 0 Å². The Morgan fingerprint density at radius 2 is 1.90 bits per heavy atom. The molecule has 1 saturated heterocycles. The Kier molecular flexibility index (Phi) is 5.41. The number of carbonyl (C=O) groups excluding carboxylic acids is 1. The van der Waals surface area contributed by atoms with Gasteiger partial charge in [0.15, 0.2) is 11.5 Å². The Morgan fingerprint density at radius 3 is 2.48 bits per heavy atom. The molecule has 1 aromatic carbocycles. The molecular weight excluding hydrogens is 272 g/mol. The number of β-amino-alcohol motifs (C(OH)–C–C–N with tert-alkyl or cyclic N) is 1. The molecule has 0 bridgehead atoms. The van der Waals surface area contributed by atoms with Crippen LogP contribution in [0.25, 0.3) is 0 Å². The standard InChI is InChI=1S/C15H22N2O4/c1-20-13-5-3-4-12(14(13)21-2)15(19)17-8-6-16(7-9-17)10-11-18/h3-5,18H,6-11H2,1-2H3. The normalized spacial score (nSPS) is 15.9. The number of aliphatic hydroxyl groups is 1. The van der Waals surface area contributed by atoms with Crippen molar-refractivity contribution < 1.29 is 19.4 Å². The molecule has 0 atom stereocenters. The van der Waals surface area contributed by atoms with Crippen molar-refractivity contribution >= 4 is 5.91 Å². The van der Waals surface area contributed by atoms with Gasteiger partial charge in [-0.1, -0.05) is 6.07 Å². The minimum absolute atomic E-state index is 0.0469. The van der Waals surface area contributed by atoms with Crippen molar-refractivity contribution in [3.8, 4) is 11.5 Å². The summed E-state index contributed by atoms with van der Waals surface area (Å²) in [7, 11) is 3.09. The average Bonchev–Trinajstić information content (AvgIpc) is 2.54. The van der Waals surface area contributed by atoms with Crippen LogP contribution in [0.2, 0.25) is 0 Å². The van der Waals surface area contributed by atoms with Crippen LogP contribution >= 0.6 is 0 Å². The van der Waals surface area contributed by atoms with Gasteiger partial charge in [-0.25, -0.2) is 0 Å². The van der Waals surface area contributed by atoms with Crippen LogP contribution in [0.1, 0.15) is 10.4 Å². The number of hydrogen-bond donors (Lipinski definition) is 1. The second kappa shape index (κ2) is 7.28. The van der Waals surface area contributed by atoms with Gasteiger partial charge >= 0.3 is 0 Å². The van der Waals surface area contributed by atoms with Crippen LogP contribution in [0, 0.1) is 0 Å². The maximum Gasteiger partial charge on any atom is 0.257 e. The monoisotopic (exact) mass is 294 g/mol. The van der Waals surface area contributed by atoms with Crippen molar-refractivity contribution in [3.05, 3.63) is 23.8 Å². The van der Waals surface area contributed by atoms with Gasteiger partial charge in [0.05, 0.1) is 26.4 Å². The number of carbonyl (C=O) groups is 1. The number of piperazine rings is 1. The zero-order chi connectivity index (χ0) is 15.2. The highest BCUT2D eigenvalue weighted by molar-refractivity contribution is 5.97. The van der Waals surface area contributed by atoms with E-state index in [2.05, 4.69) is 4.90 Å². The van der Waals surface area contributed by atoms with Gasteiger partial charge in [-0.3, -0.25) is 9.69 Å². The van der Waals surface area contributed by atoms with E-state index in [1.165, 1.54) is 7.11 Å². The van der Waals surface area contributed by atoms with Gasteiger partial charge in [-0.05, 0) is 12.1 Å². The van der Waals surface area contributed by atoms with Crippen LogP contribution in [0.4, 0.5) is 0 Å². The summed E-state index contributed by atoms with van der Waals surface area (Å²) in [6, 6.07) is 5.31. The number of hydrogen-bond acceptors (Lipinski definition) is 5. The topological polar surface area (TPSA) is 62.2 Å². The number of benzene rings is 1. The Morgan fingerprint density at radius 1 is 1.19 bits per heavy atom. The van der Waals surface area contributed by atoms with E-state index < -0.39 is 0 Å². The highest BCUT2D eigenvalue weighted by atomic mass is 16.5. The van der Waals surface area contributed by atoms with E-state index >= 15 is 0 Å². The first-order chi connectivity index (χ1) is 10.2. The summed E-state index contributed by atoms with van der Waals surface area (Å²) in [6.07, 6.45) is 0. The predicted octanol–water partition coefficient (Wildman–Crippen LogP) is 0.454. The lowest BCUT2D eigenvalue weighted by Crippen LogP contribution is -2.49. The largest absolute Gasteiger partial charge is 0.493 e. The quantitative estimate of drug-likeness (QED) is 0.854. The molecule has 1 aliphatic rings. The SMILES string of the molecule is COc1cccc(C(=O)N2CCN(CCO)CC2)c1OC. The van der Waals surface area contributed by atoms with Gasteiger partial charge in [-0.15, -0.1) is 0 Å². The molecule has 1 aliphatic heterocycles. The van der Waals surface area contributed by atoms with Gasteiger partial charge in [0, 0.05) is 32.7 Å². The van der Waals surface area contributed by atoms with Crippen LogP contribution in [0.5, 0.6) is 11.5 Å². The molecule has 2 rings (SSSR count). The fourth-order valence-corrected chi connectivity index (χ4v) is 2.54. The fourth-order valence-electron chi connectivity index (χ4n) is 2.54. The van der Waals surface area contributed by atoms with E-state index in [-0.39, 0.29) is 12.5 Å². The molecule has 1 amide bonds. The molecule has 1 fully saturated rings. The van der Waals surface area contributed by atoms with E-state index in [9.17, 15) is 4.79 Å². The number of rotatable bonds is 5. The molecule has 116 valence electrons. The van der Waals surface area contributed by atoms with E-state index in [0.29, 0.717) is 36.7 Å². The molecule has 0 spiro atoms. The predicted molar refractivity (Wildman–Crippen MR) is 79.0 cm³/mol. The first kappa shape index (κ1) is 15.6. The highest BCUT2D eigenvalue weighted by Gasteiger charge is 2.25. The number of nitrogens with zero attached hydrogens (tertiary/aromatic N) is 2. The first-order valence-corrected chi connectivity index (χ1v) is 7.04. The van der Waals surface area contributed by atoms with Crippen molar-refractivity contribution in [1.82, 2.24) is 9.80 Å². The summed E-state index contributed by atoms with van der Waals surface area (Å²) >= 11 is 0. The Balaban J connectivity index is 2.11. The summed E-state index contributed by atoms with van der Waals surface area (Å²) in [5, 5.41) is 8.94. The maximum absolute atomic E-state index is 12.6. The number of amides is 1. The van der Waals surface area contributed by atoms with Crippen molar-refractivity contribution in [2.45, 2.75) is 0 Å². The summed E-state index contributed by atoms with van der Waals surface area (Å²) in [5.41, 5.74) is 0.521. The molecule has 6 heteroatoms. The van der Waals surface area contributed by atoms with Gasteiger partial charge in [0.2, 0.25) is 0 Å². The molecule has 21 heavy (non-hydrogen) atoms. The van der Waals surface area contributed by atoms with Crippen LogP contribution in [0.3, 0.4) is 0 Å². The third-order valence-electron chi connectivity index (χ3n) is 3.71. The molecule has 6 nitrogen and oxygen atoms in total. The second-order valence-electron chi connectivity index (χ2n) is 4.90. The number of ether oxygens (including phenoxy) is 2. The highest BCUT2D eigenvalue weighted by Crippen LogP contribution is 2.31. The minimum Gasteiger partial charge on any atom is -0.493 e. The number of methoxy groups -OCH3 is 2. The number of aliphatic hydroxyl groups excluding tert-OH is 1. The Labute approximate surface area is 124 Å². The third kappa shape index (κ3) is 3.46. The molecule has 0 aliphatic carbocycles. The van der Waals surface area contributed by atoms with Crippen LogP contribution in [-0.2, 0) is 0 Å².